The van der Waals surface area contributed by atoms with Crippen molar-refractivity contribution < 1.29 is 9.53 Å². The van der Waals surface area contributed by atoms with E-state index in [1.807, 2.05) is 17.2 Å². The minimum absolute atomic E-state index is 0.226. The van der Waals surface area contributed by atoms with Gasteiger partial charge in [0.25, 0.3) is 0 Å². The highest BCUT2D eigenvalue weighted by Gasteiger charge is 2.46. The van der Waals surface area contributed by atoms with E-state index in [2.05, 4.69) is 29.6 Å². The Morgan fingerprint density at radius 2 is 2.12 bits per heavy atom. The van der Waals surface area contributed by atoms with Gasteiger partial charge in [-0.15, -0.1) is 0 Å². The van der Waals surface area contributed by atoms with Gasteiger partial charge in [0, 0.05) is 43.7 Å². The Balaban J connectivity index is 1.37. The number of aryl methyl sites for hydroxylation is 1. The van der Waals surface area contributed by atoms with Gasteiger partial charge in [0.15, 0.2) is 0 Å². The maximum absolute atomic E-state index is 12.8. The van der Waals surface area contributed by atoms with Gasteiger partial charge in [-0.2, -0.15) is 0 Å². The Hall–Kier alpha value is -1.88. The molecule has 3 heterocycles. The number of likely N-dealkylation sites (tertiary alicyclic amines) is 1. The Labute approximate surface area is 149 Å². The monoisotopic (exact) mass is 341 g/mol. The highest BCUT2D eigenvalue weighted by atomic mass is 16.5. The van der Waals surface area contributed by atoms with Crippen LogP contribution in [0.5, 0.6) is 0 Å². The van der Waals surface area contributed by atoms with Gasteiger partial charge >= 0.3 is 0 Å². The molecule has 2 aliphatic rings. The van der Waals surface area contributed by atoms with Crippen molar-refractivity contribution in [2.24, 2.45) is 5.41 Å². The molecule has 0 unspecified atom stereocenters. The van der Waals surface area contributed by atoms with Crippen molar-refractivity contribution >= 4 is 16.8 Å². The average Bonchev–Trinajstić information content (AvgIpc) is 2.91. The number of carbonyl (C=O) groups is 1. The van der Waals surface area contributed by atoms with Crippen LogP contribution in [-0.2, 0) is 16.1 Å². The van der Waals surface area contributed by atoms with E-state index in [9.17, 15) is 4.79 Å². The smallest absolute Gasteiger partial charge is 0.242 e. The molecule has 1 amide bonds. The second-order valence-electron chi connectivity index (χ2n) is 7.70. The number of amides is 1. The number of fused-ring (bicyclic) bond motifs is 1. The number of pyridine rings is 1. The molecule has 134 valence electrons. The zero-order chi connectivity index (χ0) is 17.4. The van der Waals surface area contributed by atoms with Crippen molar-refractivity contribution in [3.8, 4) is 0 Å². The molecule has 1 aliphatic heterocycles. The van der Waals surface area contributed by atoms with E-state index >= 15 is 0 Å². The lowest BCUT2D eigenvalue weighted by molar-refractivity contribution is -0.140. The molecule has 2 aromatic rings. The molecule has 1 aliphatic carbocycles. The van der Waals surface area contributed by atoms with E-state index in [0.717, 1.165) is 43.4 Å². The van der Waals surface area contributed by atoms with Crippen molar-refractivity contribution in [3.63, 3.8) is 0 Å². The van der Waals surface area contributed by atoms with Crippen molar-refractivity contribution in [1.29, 1.82) is 0 Å². The normalized spacial score (nSPS) is 20.2. The van der Waals surface area contributed by atoms with Gasteiger partial charge in [-0.25, -0.2) is 0 Å². The molecule has 0 atom stereocenters. The third-order valence-electron chi connectivity index (χ3n) is 6.09. The van der Waals surface area contributed by atoms with E-state index in [0.29, 0.717) is 18.1 Å². The molecule has 0 N–H and O–H groups in total. The summed E-state index contributed by atoms with van der Waals surface area (Å²) in [5.41, 5.74) is 2.71. The molecule has 1 saturated carbocycles. The number of rotatable bonds is 4. The van der Waals surface area contributed by atoms with Crippen LogP contribution < -0.4 is 0 Å². The number of carbonyl (C=O) groups excluding carboxylic acids is 1. The van der Waals surface area contributed by atoms with Gasteiger partial charge in [0.1, 0.15) is 6.54 Å². The topological polar surface area (TPSA) is 47.4 Å². The predicted molar refractivity (Wildman–Crippen MR) is 97.4 cm³/mol. The quantitative estimate of drug-likeness (QED) is 0.858. The predicted octanol–water partition coefficient (Wildman–Crippen LogP) is 3.15. The maximum Gasteiger partial charge on any atom is 0.242 e. The largest absolute Gasteiger partial charge is 0.378 e. The Bertz CT molecular complexity index is 766. The van der Waals surface area contributed by atoms with E-state index in [-0.39, 0.29) is 5.91 Å². The molecule has 0 aromatic carbocycles. The van der Waals surface area contributed by atoms with Crippen molar-refractivity contribution in [2.75, 3.05) is 19.7 Å². The summed E-state index contributed by atoms with van der Waals surface area (Å²) in [5, 5.41) is 1.13. The summed E-state index contributed by atoms with van der Waals surface area (Å²) >= 11 is 0. The molecule has 0 radical (unpaired) electrons. The second kappa shape index (κ2) is 6.45. The summed E-state index contributed by atoms with van der Waals surface area (Å²) in [4.78, 5) is 19.0. The molecule has 2 fully saturated rings. The zero-order valence-corrected chi connectivity index (χ0v) is 15.2. The number of aromatic nitrogens is 2. The Morgan fingerprint density at radius 1 is 1.36 bits per heavy atom. The van der Waals surface area contributed by atoms with Gasteiger partial charge in [-0.3, -0.25) is 9.78 Å². The van der Waals surface area contributed by atoms with Crippen LogP contribution in [0.1, 0.15) is 38.2 Å². The minimum atomic E-state index is 0.226. The highest BCUT2D eigenvalue weighted by molar-refractivity contribution is 5.85. The third-order valence-corrected chi connectivity index (χ3v) is 6.09. The number of piperidine rings is 1. The number of ether oxygens (including phenoxy) is 1. The summed E-state index contributed by atoms with van der Waals surface area (Å²) in [6, 6.07) is 1.99. The standard InChI is InChI=1S/C20H27N3O2/c1-3-25-16-10-20(11-16)5-8-22(9-6-20)19(24)14-23-13-15(2)17-12-21-7-4-18(17)23/h4,7,12-13,16H,3,5-6,8-11,14H2,1-2H3. The fourth-order valence-corrected chi connectivity index (χ4v) is 4.59. The van der Waals surface area contributed by atoms with Crippen molar-refractivity contribution in [2.45, 2.75) is 52.2 Å². The van der Waals surface area contributed by atoms with Crippen molar-refractivity contribution in [1.82, 2.24) is 14.5 Å². The van der Waals surface area contributed by atoms with Crippen LogP contribution in [0.2, 0.25) is 0 Å². The Kier molecular flexibility index (Phi) is 4.28. The van der Waals surface area contributed by atoms with Crippen LogP contribution in [0, 0.1) is 12.3 Å². The van der Waals surface area contributed by atoms with Crippen LogP contribution in [0.15, 0.2) is 24.7 Å². The number of hydrogen-bond donors (Lipinski definition) is 0. The van der Waals surface area contributed by atoms with Gasteiger partial charge in [-0.1, -0.05) is 0 Å². The molecular formula is C20H27N3O2. The molecule has 25 heavy (non-hydrogen) atoms. The molecule has 0 bridgehead atoms. The first-order chi connectivity index (χ1) is 12.1. The van der Waals surface area contributed by atoms with Crippen LogP contribution >= 0.6 is 0 Å². The van der Waals surface area contributed by atoms with Crippen LogP contribution in [0.4, 0.5) is 0 Å². The minimum Gasteiger partial charge on any atom is -0.378 e. The number of hydrogen-bond acceptors (Lipinski definition) is 3. The van der Waals surface area contributed by atoms with Crippen LogP contribution in [0.25, 0.3) is 10.9 Å². The van der Waals surface area contributed by atoms with E-state index in [4.69, 9.17) is 4.74 Å². The van der Waals surface area contributed by atoms with Gasteiger partial charge in [0.2, 0.25) is 5.91 Å². The lowest BCUT2D eigenvalue weighted by Crippen LogP contribution is -2.51. The van der Waals surface area contributed by atoms with Gasteiger partial charge in [-0.05, 0) is 56.6 Å². The summed E-state index contributed by atoms with van der Waals surface area (Å²) in [7, 11) is 0. The lowest BCUT2D eigenvalue weighted by Gasteiger charge is -2.51. The maximum atomic E-state index is 12.8. The number of nitrogens with zero attached hydrogens (tertiary/aromatic N) is 3. The molecule has 4 rings (SSSR count). The SMILES string of the molecule is CCOC1CC2(CCN(C(=O)Cn3cc(C)c4cnccc43)CC2)C1. The van der Waals surface area contributed by atoms with Crippen LogP contribution in [-0.4, -0.2) is 46.2 Å². The molecule has 1 saturated heterocycles. The fourth-order valence-electron chi connectivity index (χ4n) is 4.59. The van der Waals surface area contributed by atoms with Crippen molar-refractivity contribution in [3.05, 3.63) is 30.2 Å². The summed E-state index contributed by atoms with van der Waals surface area (Å²) in [6.07, 6.45) is 10.8. The summed E-state index contributed by atoms with van der Waals surface area (Å²) in [6.45, 7) is 7.14. The summed E-state index contributed by atoms with van der Waals surface area (Å²) in [5.74, 6) is 0.226. The zero-order valence-electron chi connectivity index (χ0n) is 15.2. The van der Waals surface area contributed by atoms with Crippen LogP contribution in [0.3, 0.4) is 0 Å². The average molecular weight is 341 g/mol. The fraction of sp³-hybridized carbons (Fsp3) is 0.600. The highest BCUT2D eigenvalue weighted by Crippen LogP contribution is 2.50. The lowest BCUT2D eigenvalue weighted by atomic mass is 9.61. The molecule has 5 nitrogen and oxygen atoms in total. The molecule has 5 heteroatoms. The molecular weight excluding hydrogens is 314 g/mol. The first-order valence-corrected chi connectivity index (χ1v) is 9.39. The van der Waals surface area contributed by atoms with E-state index < -0.39 is 0 Å². The van der Waals surface area contributed by atoms with E-state index in [1.54, 1.807) is 6.20 Å². The van der Waals surface area contributed by atoms with Gasteiger partial charge < -0.3 is 14.2 Å². The molecule has 1 spiro atoms. The first kappa shape index (κ1) is 16.6. The molecule has 2 aromatic heterocycles. The third kappa shape index (κ3) is 3.06. The van der Waals surface area contributed by atoms with Gasteiger partial charge in [0.05, 0.1) is 11.6 Å². The summed E-state index contributed by atoms with van der Waals surface area (Å²) < 4.78 is 7.78. The Morgan fingerprint density at radius 3 is 2.84 bits per heavy atom. The second-order valence-corrected chi connectivity index (χ2v) is 7.70. The van der Waals surface area contributed by atoms with E-state index in [1.165, 1.54) is 18.4 Å². The first-order valence-electron chi connectivity index (χ1n) is 9.39.